The van der Waals surface area contributed by atoms with E-state index in [1.807, 2.05) is 33.8 Å². The van der Waals surface area contributed by atoms with Crippen LogP contribution in [0.5, 0.6) is 0 Å². The van der Waals surface area contributed by atoms with Crippen LogP contribution in [-0.4, -0.2) is 36.4 Å². The topological polar surface area (TPSA) is 29.5 Å². The van der Waals surface area contributed by atoms with Crippen molar-refractivity contribution in [2.45, 2.75) is 58.4 Å². The van der Waals surface area contributed by atoms with Crippen LogP contribution in [0.1, 0.15) is 40.5 Å². The Hall–Kier alpha value is -0.765. The van der Waals surface area contributed by atoms with Crippen LogP contribution in [0.15, 0.2) is 12.2 Å². The summed E-state index contributed by atoms with van der Waals surface area (Å²) in [7, 11) is 5.42. The second-order valence-corrected chi connectivity index (χ2v) is 4.59. The van der Waals surface area contributed by atoms with E-state index in [0.29, 0.717) is 0 Å². The van der Waals surface area contributed by atoms with E-state index in [0.717, 1.165) is 12.8 Å². The monoisotopic (exact) mass is 221 g/mol. The van der Waals surface area contributed by atoms with Crippen molar-refractivity contribution in [2.24, 2.45) is 0 Å². The third-order valence-corrected chi connectivity index (χ3v) is 3.04. The fraction of sp³-hybridized carbons (Fsp3) is 0.750. The fourth-order valence-electron chi connectivity index (χ4n) is 2.42. The lowest BCUT2D eigenvalue weighted by molar-refractivity contribution is -0.0564. The number of allylic oxidation sites excluding steroid dienone is 1. The molecule has 88 valence electrons. The Bertz CT molecular complexity index is 289. The van der Waals surface area contributed by atoms with Crippen molar-refractivity contribution >= 4 is 13.7 Å². The van der Waals surface area contributed by atoms with E-state index in [-0.39, 0.29) is 12.1 Å². The average molecular weight is 221 g/mol. The van der Waals surface area contributed by atoms with Crippen LogP contribution in [0.3, 0.4) is 0 Å². The second kappa shape index (κ2) is 5.04. The van der Waals surface area contributed by atoms with Crippen LogP contribution in [0.25, 0.3) is 0 Å². The predicted octanol–water partition coefficient (Wildman–Crippen LogP) is 2.46. The van der Waals surface area contributed by atoms with Gasteiger partial charge in [0.15, 0.2) is 5.81 Å². The van der Waals surface area contributed by atoms with Gasteiger partial charge in [-0.05, 0) is 33.6 Å². The second-order valence-electron chi connectivity index (χ2n) is 4.59. The van der Waals surface area contributed by atoms with Crippen LogP contribution in [0.2, 0.25) is 0 Å². The quantitative estimate of drug-likeness (QED) is 0.541. The van der Waals surface area contributed by atoms with Gasteiger partial charge in [-0.2, -0.15) is 0 Å². The fourth-order valence-corrected chi connectivity index (χ4v) is 2.42. The van der Waals surface area contributed by atoms with Crippen molar-refractivity contribution < 1.29 is 9.53 Å². The minimum atomic E-state index is -0.598. The minimum Gasteiger partial charge on any atom is -0.350 e. The molecule has 1 saturated heterocycles. The molecule has 0 spiro atoms. The van der Waals surface area contributed by atoms with Gasteiger partial charge in [0.05, 0.1) is 12.1 Å². The Balaban J connectivity index is 2.88. The van der Waals surface area contributed by atoms with Gasteiger partial charge in [0.25, 0.3) is 0 Å². The van der Waals surface area contributed by atoms with Crippen molar-refractivity contribution in [3.8, 4) is 0 Å². The summed E-state index contributed by atoms with van der Waals surface area (Å²) < 4.78 is 5.90. The van der Waals surface area contributed by atoms with Crippen LogP contribution < -0.4 is 0 Å². The van der Waals surface area contributed by atoms with Gasteiger partial charge in [-0.15, -0.1) is 0 Å². The van der Waals surface area contributed by atoms with Crippen LogP contribution in [0.4, 0.5) is 4.79 Å². The van der Waals surface area contributed by atoms with E-state index in [4.69, 9.17) is 12.6 Å². The third-order valence-electron chi connectivity index (χ3n) is 3.04. The van der Waals surface area contributed by atoms with Crippen molar-refractivity contribution in [1.29, 1.82) is 0 Å². The highest BCUT2D eigenvalue weighted by Gasteiger charge is 2.46. The van der Waals surface area contributed by atoms with Crippen LogP contribution in [0, 0.1) is 0 Å². The highest BCUT2D eigenvalue weighted by Crippen LogP contribution is 2.35. The Morgan fingerprint density at radius 2 is 2.19 bits per heavy atom. The van der Waals surface area contributed by atoms with Crippen molar-refractivity contribution in [1.82, 2.24) is 4.90 Å². The van der Waals surface area contributed by atoms with Crippen LogP contribution in [-0.2, 0) is 4.74 Å². The molecule has 3 nitrogen and oxygen atoms in total. The van der Waals surface area contributed by atoms with Gasteiger partial charge >= 0.3 is 0 Å². The van der Waals surface area contributed by atoms with Gasteiger partial charge < -0.3 is 9.64 Å². The molecule has 1 fully saturated rings. The largest absolute Gasteiger partial charge is 0.350 e. The van der Waals surface area contributed by atoms with Crippen molar-refractivity contribution in [3.63, 3.8) is 0 Å². The highest BCUT2D eigenvalue weighted by molar-refractivity contribution is 6.57. The average Bonchev–Trinajstić information content (AvgIpc) is 2.45. The zero-order chi connectivity index (χ0) is 12.3. The molecule has 2 radical (unpaired) electrons. The zero-order valence-corrected chi connectivity index (χ0v) is 10.6. The van der Waals surface area contributed by atoms with Gasteiger partial charge in [-0.25, -0.2) is 0 Å². The van der Waals surface area contributed by atoms with E-state index in [1.165, 1.54) is 0 Å². The number of rotatable bonds is 3. The summed E-state index contributed by atoms with van der Waals surface area (Å²) in [6.07, 6.45) is 5.78. The standard InChI is InChI=1S/C12H20BNO2/c1-5-7-8-10-9(6-2)14(11(13)15)12(3,4)16-10/h5,7,9-10H,6,8H2,1-4H3/b7-5+/t9-,10+/m0/s1. The van der Waals surface area contributed by atoms with Crippen LogP contribution >= 0.6 is 0 Å². The summed E-state index contributed by atoms with van der Waals surface area (Å²) in [6.45, 7) is 7.80. The van der Waals surface area contributed by atoms with Gasteiger partial charge in [0.1, 0.15) is 5.72 Å². The van der Waals surface area contributed by atoms with E-state index in [1.54, 1.807) is 4.90 Å². The van der Waals surface area contributed by atoms with Gasteiger partial charge in [-0.1, -0.05) is 19.1 Å². The molecule has 0 saturated carbocycles. The molecular weight excluding hydrogens is 201 g/mol. The molecule has 0 aromatic carbocycles. The zero-order valence-electron chi connectivity index (χ0n) is 10.6. The smallest absolute Gasteiger partial charge is 0.200 e. The summed E-state index contributed by atoms with van der Waals surface area (Å²) in [5.74, 6) is -0.403. The van der Waals surface area contributed by atoms with Crippen molar-refractivity contribution in [3.05, 3.63) is 12.2 Å². The first-order valence-corrected chi connectivity index (χ1v) is 5.81. The molecule has 1 heterocycles. The summed E-state index contributed by atoms with van der Waals surface area (Å²) >= 11 is 0. The summed E-state index contributed by atoms with van der Waals surface area (Å²) in [6, 6.07) is 0.0729. The number of hydrogen-bond acceptors (Lipinski definition) is 2. The molecule has 0 unspecified atom stereocenters. The third kappa shape index (κ3) is 2.49. The molecule has 0 aromatic heterocycles. The lowest BCUT2D eigenvalue weighted by Gasteiger charge is -2.33. The normalized spacial score (nSPS) is 28.9. The Morgan fingerprint density at radius 1 is 1.56 bits per heavy atom. The molecule has 0 aliphatic carbocycles. The molecule has 1 aliphatic heterocycles. The number of amides is 1. The van der Waals surface area contributed by atoms with Crippen molar-refractivity contribution in [2.75, 3.05) is 0 Å². The SMILES string of the molecule is [B]C(=O)N1[C@@H](CC)[C@@H](C/C=C/C)OC1(C)C. The maximum Gasteiger partial charge on any atom is 0.200 e. The predicted molar refractivity (Wildman–Crippen MR) is 65.5 cm³/mol. The molecule has 16 heavy (non-hydrogen) atoms. The molecule has 0 N–H and O–H groups in total. The van der Waals surface area contributed by atoms with E-state index >= 15 is 0 Å². The first kappa shape index (κ1) is 13.3. The first-order valence-electron chi connectivity index (χ1n) is 5.81. The van der Waals surface area contributed by atoms with E-state index in [9.17, 15) is 4.79 Å². The molecule has 1 amide bonds. The molecule has 0 aromatic rings. The molecule has 4 heteroatoms. The lowest BCUT2D eigenvalue weighted by atomic mass is 9.99. The Kier molecular flexibility index (Phi) is 4.19. The van der Waals surface area contributed by atoms with Gasteiger partial charge in [0, 0.05) is 0 Å². The number of carbonyl (C=O) groups is 1. The molecule has 0 bridgehead atoms. The summed E-state index contributed by atoms with van der Waals surface area (Å²) in [5, 5.41) is 0. The number of hydrogen-bond donors (Lipinski definition) is 0. The molecule has 1 rings (SSSR count). The Labute approximate surface area is 99.2 Å². The lowest BCUT2D eigenvalue weighted by Crippen LogP contribution is -2.47. The highest BCUT2D eigenvalue weighted by atomic mass is 16.5. The first-order chi connectivity index (χ1) is 7.44. The maximum absolute atomic E-state index is 11.5. The van der Waals surface area contributed by atoms with E-state index < -0.39 is 11.5 Å². The van der Waals surface area contributed by atoms with Gasteiger partial charge in [0.2, 0.25) is 7.85 Å². The Morgan fingerprint density at radius 3 is 2.62 bits per heavy atom. The minimum absolute atomic E-state index is 0.0451. The molecular formula is C12H20BNO2. The number of ether oxygens (including phenoxy) is 1. The maximum atomic E-state index is 11.5. The molecule has 1 aliphatic rings. The van der Waals surface area contributed by atoms with Gasteiger partial charge in [-0.3, -0.25) is 4.79 Å². The summed E-state index contributed by atoms with van der Waals surface area (Å²) in [5.41, 5.74) is -0.598. The summed E-state index contributed by atoms with van der Waals surface area (Å²) in [4.78, 5) is 13.1. The number of carbonyl (C=O) groups excluding carboxylic acids is 1. The molecule has 2 atom stereocenters. The number of nitrogens with zero attached hydrogens (tertiary/aromatic N) is 1. The van der Waals surface area contributed by atoms with E-state index in [2.05, 4.69) is 6.08 Å².